The lowest BCUT2D eigenvalue weighted by atomic mass is 10.2. The smallest absolute Gasteiger partial charge is 0.315 e. The van der Waals surface area contributed by atoms with Gasteiger partial charge in [-0.3, -0.25) is 9.78 Å². The maximum absolute atomic E-state index is 12.4. The Balaban J connectivity index is 1.66. The first-order chi connectivity index (χ1) is 12.5. The Labute approximate surface area is 151 Å². The number of aryl methyl sites for hydroxylation is 1. The number of urea groups is 1. The largest absolute Gasteiger partial charge is 0.437 e. The first kappa shape index (κ1) is 17.7. The number of ether oxygens (including phenoxy) is 1. The third-order valence-corrected chi connectivity index (χ3v) is 4.24. The topological polar surface area (TPSA) is 110 Å². The second-order valence-electron chi connectivity index (χ2n) is 6.11. The van der Waals surface area contributed by atoms with Crippen molar-refractivity contribution < 1.29 is 14.3 Å². The third kappa shape index (κ3) is 4.08. The van der Waals surface area contributed by atoms with Gasteiger partial charge in [0, 0.05) is 30.5 Å². The minimum absolute atomic E-state index is 0.229. The zero-order valence-corrected chi connectivity index (χ0v) is 14.5. The van der Waals surface area contributed by atoms with E-state index in [1.807, 2.05) is 25.1 Å². The van der Waals surface area contributed by atoms with Crippen LogP contribution < -0.4 is 15.8 Å². The van der Waals surface area contributed by atoms with E-state index >= 15 is 0 Å². The number of nitrogens with one attached hydrogen (secondary N) is 1. The first-order valence-electron chi connectivity index (χ1n) is 8.43. The summed E-state index contributed by atoms with van der Waals surface area (Å²) in [5, 5.41) is 2.84. The number of carbonyl (C=O) groups is 2. The Hall–Kier alpha value is -3.16. The molecule has 1 fully saturated rings. The molecule has 3 N–H and O–H groups in total. The molecule has 0 spiro atoms. The van der Waals surface area contributed by atoms with Crippen molar-refractivity contribution in [2.75, 3.05) is 6.54 Å². The summed E-state index contributed by atoms with van der Waals surface area (Å²) < 4.78 is 5.77. The van der Waals surface area contributed by atoms with E-state index in [1.165, 1.54) is 4.90 Å². The van der Waals surface area contributed by atoms with E-state index < -0.39 is 12.1 Å². The molecule has 136 valence electrons. The van der Waals surface area contributed by atoms with Gasteiger partial charge in [0.25, 0.3) is 0 Å². The molecule has 3 amide bonds. The van der Waals surface area contributed by atoms with Crippen molar-refractivity contribution in [2.24, 2.45) is 5.73 Å². The predicted molar refractivity (Wildman–Crippen MR) is 94.4 cm³/mol. The van der Waals surface area contributed by atoms with Crippen molar-refractivity contribution in [3.05, 3.63) is 47.9 Å². The number of likely N-dealkylation sites (tertiary alicyclic amines) is 1. The standard InChI is InChI=1S/C18H21N5O3/c1-12-6-7-14(11-21-12)26-17-13(4-2-8-20-17)10-22-16(24)15-5-3-9-23(15)18(19)25/h2,4,6-8,11,15H,3,5,9-10H2,1H3,(H2,19,25)(H,22,24). The average Bonchev–Trinajstić information content (AvgIpc) is 3.13. The second kappa shape index (κ2) is 7.81. The quantitative estimate of drug-likeness (QED) is 0.849. The van der Waals surface area contributed by atoms with E-state index in [0.29, 0.717) is 24.6 Å². The van der Waals surface area contributed by atoms with E-state index in [4.69, 9.17) is 10.5 Å². The lowest BCUT2D eigenvalue weighted by Gasteiger charge is -2.21. The fraction of sp³-hybridized carbons (Fsp3) is 0.333. The molecular formula is C18H21N5O3. The lowest BCUT2D eigenvalue weighted by Crippen LogP contribution is -2.47. The van der Waals surface area contributed by atoms with Gasteiger partial charge in [-0.25, -0.2) is 9.78 Å². The molecular weight excluding hydrogens is 334 g/mol. The van der Waals surface area contributed by atoms with Gasteiger partial charge < -0.3 is 20.7 Å². The van der Waals surface area contributed by atoms with Gasteiger partial charge in [-0.15, -0.1) is 0 Å². The number of nitrogens with zero attached hydrogens (tertiary/aromatic N) is 3. The molecule has 1 aliphatic rings. The lowest BCUT2D eigenvalue weighted by molar-refractivity contribution is -0.124. The maximum Gasteiger partial charge on any atom is 0.315 e. The summed E-state index contributed by atoms with van der Waals surface area (Å²) in [5.74, 6) is 0.738. The molecule has 1 unspecified atom stereocenters. The number of pyridine rings is 2. The highest BCUT2D eigenvalue weighted by atomic mass is 16.5. The van der Waals surface area contributed by atoms with Crippen LogP contribution in [0.2, 0.25) is 0 Å². The Bertz CT molecular complexity index is 794. The highest BCUT2D eigenvalue weighted by molar-refractivity contribution is 5.87. The number of rotatable bonds is 5. The van der Waals surface area contributed by atoms with Gasteiger partial charge in [-0.1, -0.05) is 6.07 Å². The summed E-state index contributed by atoms with van der Waals surface area (Å²) >= 11 is 0. The number of hydrogen-bond acceptors (Lipinski definition) is 5. The number of hydrogen-bond donors (Lipinski definition) is 2. The molecule has 1 saturated heterocycles. The van der Waals surface area contributed by atoms with Gasteiger partial charge >= 0.3 is 6.03 Å². The molecule has 8 heteroatoms. The molecule has 0 saturated carbocycles. The number of nitrogens with two attached hydrogens (primary N) is 1. The maximum atomic E-state index is 12.4. The molecule has 0 aliphatic carbocycles. The number of primary amides is 1. The van der Waals surface area contributed by atoms with E-state index in [0.717, 1.165) is 17.7 Å². The Morgan fingerprint density at radius 3 is 2.92 bits per heavy atom. The molecule has 3 heterocycles. The van der Waals surface area contributed by atoms with E-state index in [1.54, 1.807) is 18.5 Å². The summed E-state index contributed by atoms with van der Waals surface area (Å²) in [4.78, 5) is 33.6. The molecule has 0 bridgehead atoms. The molecule has 2 aromatic rings. The zero-order valence-electron chi connectivity index (χ0n) is 14.5. The SMILES string of the molecule is Cc1ccc(Oc2ncccc2CNC(=O)C2CCCN2C(N)=O)cn1. The van der Waals surface area contributed by atoms with Gasteiger partial charge in [0.05, 0.1) is 6.20 Å². The normalized spacial score (nSPS) is 16.3. The van der Waals surface area contributed by atoms with Crippen LogP contribution in [-0.4, -0.2) is 39.4 Å². The second-order valence-corrected chi connectivity index (χ2v) is 6.11. The van der Waals surface area contributed by atoms with E-state index in [9.17, 15) is 9.59 Å². The highest BCUT2D eigenvalue weighted by Gasteiger charge is 2.32. The highest BCUT2D eigenvalue weighted by Crippen LogP contribution is 2.23. The number of carbonyl (C=O) groups excluding carboxylic acids is 2. The van der Waals surface area contributed by atoms with Crippen LogP contribution in [0.3, 0.4) is 0 Å². The molecule has 3 rings (SSSR count). The van der Waals surface area contributed by atoms with Gasteiger partial charge in [0.1, 0.15) is 11.8 Å². The first-order valence-corrected chi connectivity index (χ1v) is 8.43. The average molecular weight is 355 g/mol. The van der Waals surface area contributed by atoms with Crippen LogP contribution in [0, 0.1) is 6.92 Å². The van der Waals surface area contributed by atoms with Crippen LogP contribution in [0.15, 0.2) is 36.7 Å². The third-order valence-electron chi connectivity index (χ3n) is 4.24. The molecule has 26 heavy (non-hydrogen) atoms. The molecule has 8 nitrogen and oxygen atoms in total. The van der Waals surface area contributed by atoms with E-state index in [-0.39, 0.29) is 12.5 Å². The molecule has 1 aliphatic heterocycles. The van der Waals surface area contributed by atoms with Crippen LogP contribution in [0.4, 0.5) is 4.79 Å². The van der Waals surface area contributed by atoms with Crippen LogP contribution >= 0.6 is 0 Å². The van der Waals surface area contributed by atoms with Crippen LogP contribution in [0.25, 0.3) is 0 Å². The Morgan fingerprint density at radius 1 is 1.35 bits per heavy atom. The molecule has 0 aromatic carbocycles. The van der Waals surface area contributed by atoms with Crippen LogP contribution in [-0.2, 0) is 11.3 Å². The summed E-state index contributed by atoms with van der Waals surface area (Å²) in [6.07, 6.45) is 4.62. The van der Waals surface area contributed by atoms with Gasteiger partial charge in [-0.05, 0) is 38.0 Å². The van der Waals surface area contributed by atoms with Crippen molar-refractivity contribution in [2.45, 2.75) is 32.4 Å². The van der Waals surface area contributed by atoms with Crippen molar-refractivity contribution in [3.63, 3.8) is 0 Å². The Morgan fingerprint density at radius 2 is 2.19 bits per heavy atom. The van der Waals surface area contributed by atoms with Gasteiger partial charge in [0.2, 0.25) is 11.8 Å². The summed E-state index contributed by atoms with van der Waals surface area (Å²) in [6.45, 7) is 2.64. The number of aromatic nitrogens is 2. The summed E-state index contributed by atoms with van der Waals surface area (Å²) in [5.41, 5.74) is 6.94. The molecule has 2 aromatic heterocycles. The monoisotopic (exact) mass is 355 g/mol. The van der Waals surface area contributed by atoms with Crippen molar-refractivity contribution in [3.8, 4) is 11.6 Å². The minimum atomic E-state index is -0.570. The molecule has 1 atom stereocenters. The van der Waals surface area contributed by atoms with Crippen LogP contribution in [0.5, 0.6) is 11.6 Å². The summed E-state index contributed by atoms with van der Waals surface area (Å²) in [6, 6.07) is 6.16. The van der Waals surface area contributed by atoms with Gasteiger partial charge in [0.15, 0.2) is 0 Å². The Kier molecular flexibility index (Phi) is 5.31. The fourth-order valence-electron chi connectivity index (χ4n) is 2.88. The summed E-state index contributed by atoms with van der Waals surface area (Å²) in [7, 11) is 0. The van der Waals surface area contributed by atoms with Crippen molar-refractivity contribution >= 4 is 11.9 Å². The van der Waals surface area contributed by atoms with Crippen LogP contribution in [0.1, 0.15) is 24.1 Å². The minimum Gasteiger partial charge on any atom is -0.437 e. The van der Waals surface area contributed by atoms with E-state index in [2.05, 4.69) is 15.3 Å². The molecule has 0 radical (unpaired) electrons. The zero-order chi connectivity index (χ0) is 18.5. The fourth-order valence-corrected chi connectivity index (χ4v) is 2.88. The van der Waals surface area contributed by atoms with Crippen molar-refractivity contribution in [1.82, 2.24) is 20.2 Å². The number of amides is 3. The van der Waals surface area contributed by atoms with Gasteiger partial charge in [-0.2, -0.15) is 0 Å². The van der Waals surface area contributed by atoms with Crippen molar-refractivity contribution in [1.29, 1.82) is 0 Å². The predicted octanol–water partition coefficient (Wildman–Crippen LogP) is 1.74.